The van der Waals surface area contributed by atoms with Crippen LogP contribution in [0.1, 0.15) is 33.5 Å². The van der Waals surface area contributed by atoms with Crippen LogP contribution in [0.5, 0.6) is 0 Å². The number of hydrogen-bond acceptors (Lipinski definition) is 4. The maximum Gasteiger partial charge on any atom is 0.357 e. The molecule has 1 heterocycles. The fourth-order valence-corrected chi connectivity index (χ4v) is 1.85. The minimum atomic E-state index is -0.574. The van der Waals surface area contributed by atoms with Gasteiger partial charge in [0.2, 0.25) is 0 Å². The van der Waals surface area contributed by atoms with Gasteiger partial charge in [-0.15, -0.1) is 0 Å². The lowest BCUT2D eigenvalue weighted by molar-refractivity contribution is 0.0507. The molecule has 6 heteroatoms. The van der Waals surface area contributed by atoms with E-state index in [9.17, 15) is 9.59 Å². The Labute approximate surface area is 121 Å². The monoisotopic (exact) mass is 292 g/mol. The summed E-state index contributed by atoms with van der Waals surface area (Å²) in [6, 6.07) is 7.89. The van der Waals surface area contributed by atoms with Crippen molar-refractivity contribution in [3.05, 3.63) is 52.3 Å². The summed E-state index contributed by atoms with van der Waals surface area (Å²) in [5.74, 6) is -0.978. The van der Waals surface area contributed by atoms with Gasteiger partial charge < -0.3 is 4.74 Å². The third-order valence-corrected chi connectivity index (χ3v) is 2.85. The summed E-state index contributed by atoms with van der Waals surface area (Å²) < 4.78 is 5.97. The van der Waals surface area contributed by atoms with Crippen molar-refractivity contribution in [3.63, 3.8) is 0 Å². The second-order valence-electron chi connectivity index (χ2n) is 4.12. The number of halogens is 1. The molecule has 0 N–H and O–H groups in total. The molecule has 2 rings (SSSR count). The predicted molar refractivity (Wildman–Crippen MR) is 74.1 cm³/mol. The number of esters is 1. The van der Waals surface area contributed by atoms with Gasteiger partial charge in [-0.25, -0.2) is 4.79 Å². The molecule has 0 aliphatic carbocycles. The maximum atomic E-state index is 12.4. The number of aryl methyl sites for hydroxylation is 1. The Morgan fingerprint density at radius 1 is 1.30 bits per heavy atom. The van der Waals surface area contributed by atoms with Gasteiger partial charge in [0.15, 0.2) is 5.69 Å². The zero-order valence-electron chi connectivity index (χ0n) is 11.1. The van der Waals surface area contributed by atoms with Crippen molar-refractivity contribution in [1.82, 2.24) is 9.78 Å². The maximum absolute atomic E-state index is 12.4. The first kappa shape index (κ1) is 14.3. The predicted octanol–water partition coefficient (Wildman–Crippen LogP) is 2.71. The zero-order valence-corrected chi connectivity index (χ0v) is 11.8. The number of aromatic nitrogens is 2. The molecule has 104 valence electrons. The minimum Gasteiger partial charge on any atom is -0.461 e. The first-order chi connectivity index (χ1) is 9.52. The van der Waals surface area contributed by atoms with Crippen LogP contribution in [0.15, 0.2) is 30.3 Å². The van der Waals surface area contributed by atoms with Crippen molar-refractivity contribution in [2.24, 2.45) is 0 Å². The standard InChI is InChI=1S/C14H13ClN2O3/c1-3-20-14(19)12-8-9(2)16-17(12)13(18)10-4-6-11(15)7-5-10/h4-8H,3H2,1-2H3. The number of benzene rings is 1. The van der Waals surface area contributed by atoms with E-state index in [-0.39, 0.29) is 12.3 Å². The molecule has 2 aromatic rings. The highest BCUT2D eigenvalue weighted by Gasteiger charge is 2.20. The van der Waals surface area contributed by atoms with Crippen LogP contribution in [0, 0.1) is 6.92 Å². The van der Waals surface area contributed by atoms with Gasteiger partial charge in [0.1, 0.15) is 0 Å². The van der Waals surface area contributed by atoms with Gasteiger partial charge in [0.25, 0.3) is 5.91 Å². The van der Waals surface area contributed by atoms with Crippen LogP contribution in [-0.2, 0) is 4.74 Å². The Morgan fingerprint density at radius 3 is 2.55 bits per heavy atom. The lowest BCUT2D eigenvalue weighted by Gasteiger charge is -2.05. The third-order valence-electron chi connectivity index (χ3n) is 2.60. The largest absolute Gasteiger partial charge is 0.461 e. The summed E-state index contributed by atoms with van der Waals surface area (Å²) in [5.41, 5.74) is 1.07. The summed E-state index contributed by atoms with van der Waals surface area (Å²) in [5, 5.41) is 4.58. The van der Waals surface area contributed by atoms with E-state index in [0.29, 0.717) is 16.3 Å². The highest BCUT2D eigenvalue weighted by molar-refractivity contribution is 6.30. The summed E-state index contributed by atoms with van der Waals surface area (Å²) in [6.45, 7) is 3.64. The SMILES string of the molecule is CCOC(=O)c1cc(C)nn1C(=O)c1ccc(Cl)cc1. The molecule has 0 aliphatic rings. The number of rotatable bonds is 3. The number of ether oxygens (including phenoxy) is 1. The van der Waals surface area contributed by atoms with Gasteiger partial charge in [-0.3, -0.25) is 4.79 Å². The number of carbonyl (C=O) groups excluding carboxylic acids is 2. The van der Waals surface area contributed by atoms with E-state index in [4.69, 9.17) is 16.3 Å². The van der Waals surface area contributed by atoms with Crippen molar-refractivity contribution >= 4 is 23.5 Å². The van der Waals surface area contributed by atoms with Crippen molar-refractivity contribution in [3.8, 4) is 0 Å². The van der Waals surface area contributed by atoms with Crippen LogP contribution in [-0.4, -0.2) is 28.3 Å². The lowest BCUT2D eigenvalue weighted by atomic mass is 10.2. The molecule has 5 nitrogen and oxygen atoms in total. The Hall–Kier alpha value is -2.14. The normalized spacial score (nSPS) is 10.3. The van der Waals surface area contributed by atoms with E-state index < -0.39 is 11.9 Å². The molecule has 0 unspecified atom stereocenters. The molecule has 0 fully saturated rings. The fourth-order valence-electron chi connectivity index (χ4n) is 1.72. The molecule has 20 heavy (non-hydrogen) atoms. The average Bonchev–Trinajstić information content (AvgIpc) is 2.81. The van der Waals surface area contributed by atoms with Gasteiger partial charge in [-0.2, -0.15) is 9.78 Å². The molecule has 0 aliphatic heterocycles. The van der Waals surface area contributed by atoms with Crippen LogP contribution in [0.4, 0.5) is 0 Å². The van der Waals surface area contributed by atoms with E-state index >= 15 is 0 Å². The van der Waals surface area contributed by atoms with Crippen LogP contribution >= 0.6 is 11.6 Å². The van der Waals surface area contributed by atoms with E-state index in [1.165, 1.54) is 6.07 Å². The molecule has 0 amide bonds. The van der Waals surface area contributed by atoms with Crippen LogP contribution in [0.3, 0.4) is 0 Å². The summed E-state index contributed by atoms with van der Waals surface area (Å²) >= 11 is 5.78. The van der Waals surface area contributed by atoms with E-state index in [1.807, 2.05) is 0 Å². The summed E-state index contributed by atoms with van der Waals surface area (Å²) in [6.07, 6.45) is 0. The molecular weight excluding hydrogens is 280 g/mol. The van der Waals surface area contributed by atoms with Crippen molar-refractivity contribution in [2.45, 2.75) is 13.8 Å². The van der Waals surface area contributed by atoms with E-state index in [0.717, 1.165) is 4.68 Å². The topological polar surface area (TPSA) is 61.2 Å². The Balaban J connectivity index is 2.39. The molecule has 1 aromatic heterocycles. The van der Waals surface area contributed by atoms with Gasteiger partial charge in [-0.05, 0) is 44.2 Å². The number of hydrogen-bond donors (Lipinski definition) is 0. The summed E-state index contributed by atoms with van der Waals surface area (Å²) in [7, 11) is 0. The highest BCUT2D eigenvalue weighted by atomic mass is 35.5. The molecule has 0 saturated carbocycles. The highest BCUT2D eigenvalue weighted by Crippen LogP contribution is 2.13. The second-order valence-corrected chi connectivity index (χ2v) is 4.55. The quantitative estimate of drug-likeness (QED) is 0.816. The zero-order chi connectivity index (χ0) is 14.7. The van der Waals surface area contributed by atoms with Gasteiger partial charge in [-0.1, -0.05) is 11.6 Å². The minimum absolute atomic E-state index is 0.115. The first-order valence-electron chi connectivity index (χ1n) is 6.07. The first-order valence-corrected chi connectivity index (χ1v) is 6.44. The van der Waals surface area contributed by atoms with Gasteiger partial charge >= 0.3 is 5.97 Å². The van der Waals surface area contributed by atoms with Crippen molar-refractivity contribution in [2.75, 3.05) is 6.61 Å². The van der Waals surface area contributed by atoms with Gasteiger partial charge in [0.05, 0.1) is 12.3 Å². The molecule has 0 spiro atoms. The van der Waals surface area contributed by atoms with Crippen LogP contribution in [0.25, 0.3) is 0 Å². The van der Waals surface area contributed by atoms with Crippen LogP contribution < -0.4 is 0 Å². The van der Waals surface area contributed by atoms with E-state index in [1.54, 1.807) is 38.1 Å². The molecule has 0 atom stereocenters. The smallest absolute Gasteiger partial charge is 0.357 e. The van der Waals surface area contributed by atoms with Crippen LogP contribution in [0.2, 0.25) is 5.02 Å². The summed E-state index contributed by atoms with van der Waals surface area (Å²) in [4.78, 5) is 24.2. The molecule has 0 bridgehead atoms. The van der Waals surface area contributed by atoms with Crippen molar-refractivity contribution < 1.29 is 14.3 Å². The molecule has 0 saturated heterocycles. The third kappa shape index (κ3) is 2.88. The molecule has 1 aromatic carbocycles. The van der Waals surface area contributed by atoms with Gasteiger partial charge in [0, 0.05) is 10.6 Å². The molecule has 0 radical (unpaired) electrons. The second kappa shape index (κ2) is 5.88. The lowest BCUT2D eigenvalue weighted by Crippen LogP contribution is -2.20. The molecular formula is C14H13ClN2O3. The Morgan fingerprint density at radius 2 is 1.95 bits per heavy atom. The number of nitrogens with zero attached hydrogens (tertiary/aromatic N) is 2. The Kier molecular flexibility index (Phi) is 4.20. The number of carbonyl (C=O) groups is 2. The van der Waals surface area contributed by atoms with Crippen molar-refractivity contribution in [1.29, 1.82) is 0 Å². The average molecular weight is 293 g/mol. The van der Waals surface area contributed by atoms with E-state index in [2.05, 4.69) is 5.10 Å². The Bertz CT molecular complexity index is 647. The fraction of sp³-hybridized carbons (Fsp3) is 0.214.